The number of aryl methyl sites for hydroxylation is 1. The first-order valence-electron chi connectivity index (χ1n) is 6.49. The summed E-state index contributed by atoms with van der Waals surface area (Å²) in [4.78, 5) is 20.5. The highest BCUT2D eigenvalue weighted by atomic mass is 16.5. The summed E-state index contributed by atoms with van der Waals surface area (Å²) in [6, 6.07) is 3.56. The Hall–Kier alpha value is -1.95. The van der Waals surface area contributed by atoms with Crippen molar-refractivity contribution in [1.29, 1.82) is 0 Å². The van der Waals surface area contributed by atoms with E-state index in [0.29, 0.717) is 24.7 Å². The summed E-state index contributed by atoms with van der Waals surface area (Å²) in [5.74, 6) is 0.552. The zero-order valence-electron chi connectivity index (χ0n) is 10.8. The van der Waals surface area contributed by atoms with Gasteiger partial charge in [0, 0.05) is 30.8 Å². The van der Waals surface area contributed by atoms with E-state index in [1.54, 1.807) is 22.9 Å². The molecule has 1 aliphatic rings. The molecule has 19 heavy (non-hydrogen) atoms. The lowest BCUT2D eigenvalue weighted by atomic mass is 10.3. The van der Waals surface area contributed by atoms with E-state index in [-0.39, 0.29) is 11.6 Å². The molecular weight excluding hydrogens is 244 g/mol. The Morgan fingerprint density at radius 3 is 3.16 bits per heavy atom. The van der Waals surface area contributed by atoms with Crippen LogP contribution in [0.4, 0.5) is 5.95 Å². The molecule has 2 aromatic rings. The number of fused-ring (bicyclic) bond motifs is 1. The van der Waals surface area contributed by atoms with Gasteiger partial charge in [0.25, 0.3) is 5.56 Å². The van der Waals surface area contributed by atoms with E-state index in [2.05, 4.69) is 15.3 Å². The minimum Gasteiger partial charge on any atom is -0.379 e. The van der Waals surface area contributed by atoms with E-state index < -0.39 is 0 Å². The number of hydrogen-bond donors (Lipinski definition) is 1. The van der Waals surface area contributed by atoms with Crippen LogP contribution in [0, 0.1) is 0 Å². The second-order valence-corrected chi connectivity index (χ2v) is 4.59. The van der Waals surface area contributed by atoms with Crippen molar-refractivity contribution in [1.82, 2.24) is 14.5 Å². The normalized spacial score (nSPS) is 18.9. The second-order valence-electron chi connectivity index (χ2n) is 4.59. The third kappa shape index (κ3) is 2.31. The van der Waals surface area contributed by atoms with Gasteiger partial charge in [0.05, 0.1) is 12.6 Å². The van der Waals surface area contributed by atoms with Gasteiger partial charge in [-0.2, -0.15) is 4.98 Å². The van der Waals surface area contributed by atoms with Gasteiger partial charge in [0.2, 0.25) is 5.95 Å². The number of nitrogens with one attached hydrogen (secondary N) is 1. The molecule has 0 aliphatic carbocycles. The zero-order chi connectivity index (χ0) is 13.2. The largest absolute Gasteiger partial charge is 0.379 e. The Bertz CT molecular complexity index is 647. The molecule has 100 valence electrons. The van der Waals surface area contributed by atoms with Gasteiger partial charge in [-0.1, -0.05) is 0 Å². The highest BCUT2D eigenvalue weighted by molar-refractivity contribution is 5.75. The third-order valence-electron chi connectivity index (χ3n) is 3.30. The fourth-order valence-electron chi connectivity index (χ4n) is 2.28. The minimum absolute atomic E-state index is 0.0381. The number of ether oxygens (including phenoxy) is 1. The molecule has 1 atom stereocenters. The van der Waals surface area contributed by atoms with Crippen LogP contribution in [0.1, 0.15) is 13.3 Å². The van der Waals surface area contributed by atoms with Crippen LogP contribution in [0.5, 0.6) is 0 Å². The molecule has 0 unspecified atom stereocenters. The standard InChI is InChI=1S/C13H16N4O2/c1-2-17-11(18)4-3-9-7-14-13(16-12(9)17)15-10-5-6-19-8-10/h3-4,7,10H,2,5-6,8H2,1H3,(H,14,15,16)/t10-/m1/s1. The summed E-state index contributed by atoms with van der Waals surface area (Å²) in [6.07, 6.45) is 2.70. The summed E-state index contributed by atoms with van der Waals surface area (Å²) < 4.78 is 6.95. The molecule has 3 rings (SSSR count). The number of aromatic nitrogens is 3. The molecule has 0 spiro atoms. The van der Waals surface area contributed by atoms with E-state index in [9.17, 15) is 4.79 Å². The molecule has 0 saturated carbocycles. The topological polar surface area (TPSA) is 69.0 Å². The van der Waals surface area contributed by atoms with Crippen molar-refractivity contribution < 1.29 is 4.74 Å². The van der Waals surface area contributed by atoms with Crippen LogP contribution in [0.25, 0.3) is 11.0 Å². The lowest BCUT2D eigenvalue weighted by Gasteiger charge is -2.12. The number of anilines is 1. The van der Waals surface area contributed by atoms with Crippen LogP contribution >= 0.6 is 0 Å². The smallest absolute Gasteiger partial charge is 0.252 e. The van der Waals surface area contributed by atoms with Crippen molar-refractivity contribution in [3.05, 3.63) is 28.7 Å². The highest BCUT2D eigenvalue weighted by Gasteiger charge is 2.16. The molecule has 6 nitrogen and oxygen atoms in total. The first-order chi connectivity index (χ1) is 9.28. The predicted molar refractivity (Wildman–Crippen MR) is 72.3 cm³/mol. The molecule has 1 aliphatic heterocycles. The summed E-state index contributed by atoms with van der Waals surface area (Å²) in [5.41, 5.74) is 0.635. The molecule has 0 bridgehead atoms. The Kier molecular flexibility index (Phi) is 3.16. The van der Waals surface area contributed by atoms with Crippen molar-refractivity contribution >= 4 is 17.0 Å². The Labute approximate surface area is 110 Å². The number of hydrogen-bond acceptors (Lipinski definition) is 5. The summed E-state index contributed by atoms with van der Waals surface area (Å²) in [6.45, 7) is 3.97. The Morgan fingerprint density at radius 2 is 2.42 bits per heavy atom. The fourth-order valence-corrected chi connectivity index (χ4v) is 2.28. The molecule has 0 amide bonds. The Balaban J connectivity index is 2.00. The molecular formula is C13H16N4O2. The molecule has 0 aromatic carbocycles. The van der Waals surface area contributed by atoms with Gasteiger partial charge in [-0.15, -0.1) is 0 Å². The lowest BCUT2D eigenvalue weighted by molar-refractivity contribution is 0.195. The fraction of sp³-hybridized carbons (Fsp3) is 0.462. The van der Waals surface area contributed by atoms with Crippen molar-refractivity contribution in [3.8, 4) is 0 Å². The lowest BCUT2D eigenvalue weighted by Crippen LogP contribution is -2.22. The first-order valence-corrected chi connectivity index (χ1v) is 6.49. The SMILES string of the molecule is CCn1c(=O)ccc2cnc(N[C@@H]3CCOC3)nc21. The molecule has 1 saturated heterocycles. The van der Waals surface area contributed by atoms with Gasteiger partial charge in [-0.3, -0.25) is 9.36 Å². The van der Waals surface area contributed by atoms with Crippen LogP contribution in [-0.2, 0) is 11.3 Å². The van der Waals surface area contributed by atoms with Crippen molar-refractivity contribution in [2.45, 2.75) is 25.9 Å². The van der Waals surface area contributed by atoms with Crippen LogP contribution < -0.4 is 10.9 Å². The van der Waals surface area contributed by atoms with E-state index in [0.717, 1.165) is 18.4 Å². The van der Waals surface area contributed by atoms with Crippen LogP contribution in [-0.4, -0.2) is 33.8 Å². The molecule has 6 heteroatoms. The van der Waals surface area contributed by atoms with Gasteiger partial charge >= 0.3 is 0 Å². The number of pyridine rings is 1. The average Bonchev–Trinajstić information content (AvgIpc) is 2.91. The maximum absolute atomic E-state index is 11.8. The van der Waals surface area contributed by atoms with E-state index in [1.165, 1.54) is 0 Å². The van der Waals surface area contributed by atoms with E-state index in [1.807, 2.05) is 6.92 Å². The van der Waals surface area contributed by atoms with Crippen LogP contribution in [0.15, 0.2) is 23.1 Å². The van der Waals surface area contributed by atoms with E-state index >= 15 is 0 Å². The molecule has 2 aromatic heterocycles. The van der Waals surface area contributed by atoms with E-state index in [4.69, 9.17) is 4.74 Å². The number of nitrogens with zero attached hydrogens (tertiary/aromatic N) is 3. The molecule has 3 heterocycles. The maximum Gasteiger partial charge on any atom is 0.252 e. The molecule has 1 fully saturated rings. The van der Waals surface area contributed by atoms with Gasteiger partial charge in [0.15, 0.2) is 0 Å². The van der Waals surface area contributed by atoms with Gasteiger partial charge in [-0.05, 0) is 19.4 Å². The Morgan fingerprint density at radius 1 is 1.53 bits per heavy atom. The highest BCUT2D eigenvalue weighted by Crippen LogP contribution is 2.13. The quantitative estimate of drug-likeness (QED) is 0.892. The average molecular weight is 260 g/mol. The minimum atomic E-state index is -0.0381. The summed E-state index contributed by atoms with van der Waals surface area (Å²) in [5, 5.41) is 4.11. The summed E-state index contributed by atoms with van der Waals surface area (Å²) >= 11 is 0. The number of rotatable bonds is 3. The molecule has 1 N–H and O–H groups in total. The van der Waals surface area contributed by atoms with Crippen LogP contribution in [0.2, 0.25) is 0 Å². The van der Waals surface area contributed by atoms with Gasteiger partial charge in [-0.25, -0.2) is 4.98 Å². The first kappa shape index (κ1) is 12.1. The van der Waals surface area contributed by atoms with Crippen molar-refractivity contribution in [2.24, 2.45) is 0 Å². The zero-order valence-corrected chi connectivity index (χ0v) is 10.8. The van der Waals surface area contributed by atoms with Crippen molar-refractivity contribution in [2.75, 3.05) is 18.5 Å². The third-order valence-corrected chi connectivity index (χ3v) is 3.30. The predicted octanol–water partition coefficient (Wildman–Crippen LogP) is 1.01. The van der Waals surface area contributed by atoms with Gasteiger partial charge in [0.1, 0.15) is 5.65 Å². The van der Waals surface area contributed by atoms with Crippen molar-refractivity contribution in [3.63, 3.8) is 0 Å². The molecule has 0 radical (unpaired) electrons. The summed E-state index contributed by atoms with van der Waals surface area (Å²) in [7, 11) is 0. The second kappa shape index (κ2) is 4.97. The van der Waals surface area contributed by atoms with Gasteiger partial charge < -0.3 is 10.1 Å². The van der Waals surface area contributed by atoms with Crippen LogP contribution in [0.3, 0.4) is 0 Å². The maximum atomic E-state index is 11.8. The monoisotopic (exact) mass is 260 g/mol.